The second kappa shape index (κ2) is 7.67. The molecule has 37 heavy (non-hydrogen) atoms. The topological polar surface area (TPSA) is 40.0 Å². The smallest absolute Gasteiger partial charge is 0.223 e. The summed E-state index contributed by atoms with van der Waals surface area (Å²) in [7, 11) is 0. The van der Waals surface area contributed by atoms with E-state index in [-0.39, 0.29) is 0 Å². The van der Waals surface area contributed by atoms with Gasteiger partial charge in [-0.15, -0.1) is 0 Å². The van der Waals surface area contributed by atoms with Gasteiger partial charge in [-0.1, -0.05) is 78.9 Å². The standard InChI is InChI=1S/C32H21N5/c1-3-11-22(12-4-1)23-19-20-29(33-21-23)37-31-30(36-28-18-10-8-16-26(28)34-32(36)37)25-15-7-9-17-27(25)35(31)24-13-5-2-6-14-24/h1-21H. The van der Waals surface area contributed by atoms with Crippen LogP contribution < -0.4 is 0 Å². The number of para-hydroxylation sites is 4. The Morgan fingerprint density at radius 2 is 1.24 bits per heavy atom. The zero-order valence-electron chi connectivity index (χ0n) is 19.9. The van der Waals surface area contributed by atoms with Crippen molar-refractivity contribution in [1.29, 1.82) is 0 Å². The molecule has 0 spiro atoms. The first kappa shape index (κ1) is 20.1. The molecule has 0 saturated carbocycles. The van der Waals surface area contributed by atoms with E-state index in [1.807, 2.05) is 18.3 Å². The highest BCUT2D eigenvalue weighted by atomic mass is 15.3. The third-order valence-electron chi connectivity index (χ3n) is 7.10. The fourth-order valence-electron chi connectivity index (χ4n) is 5.48. The van der Waals surface area contributed by atoms with Gasteiger partial charge in [-0.2, -0.15) is 0 Å². The van der Waals surface area contributed by atoms with Crippen LogP contribution in [0, 0.1) is 0 Å². The highest BCUT2D eigenvalue weighted by Crippen LogP contribution is 2.37. The number of imidazole rings is 2. The molecule has 174 valence electrons. The first-order valence-corrected chi connectivity index (χ1v) is 12.4. The zero-order chi connectivity index (χ0) is 24.3. The lowest BCUT2D eigenvalue weighted by Gasteiger charge is -2.11. The second-order valence-electron chi connectivity index (χ2n) is 9.20. The van der Waals surface area contributed by atoms with Crippen molar-refractivity contribution in [2.45, 2.75) is 0 Å². The molecule has 0 radical (unpaired) electrons. The molecule has 5 nitrogen and oxygen atoms in total. The van der Waals surface area contributed by atoms with Gasteiger partial charge < -0.3 is 0 Å². The molecular weight excluding hydrogens is 454 g/mol. The minimum Gasteiger partial charge on any atom is -0.294 e. The molecule has 0 bridgehead atoms. The average molecular weight is 476 g/mol. The molecule has 4 aromatic carbocycles. The number of hydrogen-bond donors (Lipinski definition) is 0. The maximum atomic E-state index is 5.10. The summed E-state index contributed by atoms with van der Waals surface area (Å²) in [4.78, 5) is 10.1. The molecule has 0 unspecified atom stereocenters. The lowest BCUT2D eigenvalue weighted by molar-refractivity contribution is 0.998. The quantitative estimate of drug-likeness (QED) is 0.266. The highest BCUT2D eigenvalue weighted by Gasteiger charge is 2.25. The highest BCUT2D eigenvalue weighted by molar-refractivity contribution is 6.10. The van der Waals surface area contributed by atoms with E-state index in [1.165, 1.54) is 5.39 Å². The number of nitrogens with zero attached hydrogens (tertiary/aromatic N) is 5. The molecule has 0 N–H and O–H groups in total. The van der Waals surface area contributed by atoms with Crippen molar-refractivity contribution in [3.8, 4) is 22.6 Å². The van der Waals surface area contributed by atoms with Crippen LogP contribution in [0.25, 0.3) is 61.5 Å². The Labute approximate surface area is 212 Å². The molecule has 4 aromatic heterocycles. The monoisotopic (exact) mass is 475 g/mol. The van der Waals surface area contributed by atoms with Crippen LogP contribution in [0.5, 0.6) is 0 Å². The Kier molecular flexibility index (Phi) is 4.16. The Morgan fingerprint density at radius 1 is 0.541 bits per heavy atom. The predicted molar refractivity (Wildman–Crippen MR) is 150 cm³/mol. The maximum absolute atomic E-state index is 5.10. The summed E-state index contributed by atoms with van der Waals surface area (Å²) in [6.07, 6.45) is 1.95. The number of aromatic nitrogens is 5. The fourth-order valence-corrected chi connectivity index (χ4v) is 5.48. The molecule has 0 aliphatic heterocycles. The lowest BCUT2D eigenvalue weighted by Crippen LogP contribution is -2.03. The van der Waals surface area contributed by atoms with Gasteiger partial charge in [-0.3, -0.25) is 8.97 Å². The number of pyridine rings is 1. The summed E-state index contributed by atoms with van der Waals surface area (Å²) >= 11 is 0. The number of fused-ring (bicyclic) bond motifs is 7. The van der Waals surface area contributed by atoms with Crippen LogP contribution in [-0.2, 0) is 0 Å². The summed E-state index contributed by atoms with van der Waals surface area (Å²) < 4.78 is 6.79. The molecule has 8 aromatic rings. The van der Waals surface area contributed by atoms with Gasteiger partial charge in [0.1, 0.15) is 11.3 Å². The zero-order valence-corrected chi connectivity index (χ0v) is 19.9. The molecule has 0 fully saturated rings. The maximum Gasteiger partial charge on any atom is 0.223 e. The Hall–Kier alpha value is -5.16. The van der Waals surface area contributed by atoms with Crippen LogP contribution in [0.15, 0.2) is 128 Å². The molecule has 0 aliphatic rings. The molecule has 0 aliphatic carbocycles. The van der Waals surface area contributed by atoms with E-state index in [2.05, 4.69) is 123 Å². The van der Waals surface area contributed by atoms with Crippen LogP contribution in [0.1, 0.15) is 0 Å². The van der Waals surface area contributed by atoms with Crippen molar-refractivity contribution in [3.63, 3.8) is 0 Å². The molecular formula is C32H21N5. The summed E-state index contributed by atoms with van der Waals surface area (Å²) in [6.45, 7) is 0. The third kappa shape index (κ3) is 2.85. The summed E-state index contributed by atoms with van der Waals surface area (Å²) in [5.74, 6) is 1.68. The van der Waals surface area contributed by atoms with E-state index in [0.29, 0.717) is 0 Å². The van der Waals surface area contributed by atoms with Gasteiger partial charge in [-0.25, -0.2) is 14.5 Å². The number of benzene rings is 4. The van der Waals surface area contributed by atoms with Gasteiger partial charge in [-0.05, 0) is 48.0 Å². The molecule has 5 heteroatoms. The average Bonchev–Trinajstić information content (AvgIpc) is 3.60. The SMILES string of the molecule is c1ccc(-c2ccc(-n3c4c(c5ccccc5n4-c4ccccc4)n4c5ccccc5nc34)nc2)cc1. The Balaban J connectivity index is 1.53. The largest absolute Gasteiger partial charge is 0.294 e. The number of rotatable bonds is 3. The van der Waals surface area contributed by atoms with E-state index >= 15 is 0 Å². The lowest BCUT2D eigenvalue weighted by atomic mass is 10.1. The van der Waals surface area contributed by atoms with Crippen molar-refractivity contribution in [1.82, 2.24) is 23.5 Å². The first-order chi connectivity index (χ1) is 18.4. The first-order valence-electron chi connectivity index (χ1n) is 12.4. The molecule has 8 rings (SSSR count). The summed E-state index contributed by atoms with van der Waals surface area (Å²) in [6, 6.07) is 42.0. The fraction of sp³-hybridized carbons (Fsp3) is 0. The molecule has 4 heterocycles. The molecule has 0 amide bonds. The minimum atomic E-state index is 0.829. The minimum absolute atomic E-state index is 0.829. The molecule has 0 saturated heterocycles. The summed E-state index contributed by atoms with van der Waals surface area (Å²) in [5.41, 5.74) is 8.69. The van der Waals surface area contributed by atoms with Gasteiger partial charge in [0.25, 0.3) is 0 Å². The normalized spacial score (nSPS) is 11.8. The van der Waals surface area contributed by atoms with Gasteiger partial charge in [0.15, 0.2) is 5.65 Å². The van der Waals surface area contributed by atoms with Crippen molar-refractivity contribution in [2.24, 2.45) is 0 Å². The van der Waals surface area contributed by atoms with Crippen molar-refractivity contribution >= 4 is 38.9 Å². The van der Waals surface area contributed by atoms with Crippen LogP contribution in [-0.4, -0.2) is 23.5 Å². The van der Waals surface area contributed by atoms with E-state index in [4.69, 9.17) is 9.97 Å². The van der Waals surface area contributed by atoms with Crippen molar-refractivity contribution < 1.29 is 0 Å². The van der Waals surface area contributed by atoms with Gasteiger partial charge in [0.2, 0.25) is 5.78 Å². The van der Waals surface area contributed by atoms with Gasteiger partial charge in [0.05, 0.1) is 16.6 Å². The van der Waals surface area contributed by atoms with Crippen molar-refractivity contribution in [3.05, 3.63) is 128 Å². The Morgan fingerprint density at radius 3 is 2.03 bits per heavy atom. The number of hydrogen-bond acceptors (Lipinski definition) is 2. The third-order valence-corrected chi connectivity index (χ3v) is 7.10. The van der Waals surface area contributed by atoms with E-state index in [0.717, 1.165) is 56.1 Å². The Bertz CT molecular complexity index is 2060. The summed E-state index contributed by atoms with van der Waals surface area (Å²) in [5, 5.41) is 1.18. The van der Waals surface area contributed by atoms with Gasteiger partial charge in [0, 0.05) is 22.8 Å². The van der Waals surface area contributed by atoms with E-state index in [9.17, 15) is 0 Å². The van der Waals surface area contributed by atoms with Crippen LogP contribution in [0.4, 0.5) is 0 Å². The van der Waals surface area contributed by atoms with Gasteiger partial charge >= 0.3 is 0 Å². The van der Waals surface area contributed by atoms with Crippen LogP contribution in [0.3, 0.4) is 0 Å². The van der Waals surface area contributed by atoms with Crippen molar-refractivity contribution in [2.75, 3.05) is 0 Å². The second-order valence-corrected chi connectivity index (χ2v) is 9.20. The predicted octanol–water partition coefficient (Wildman–Crippen LogP) is 7.44. The van der Waals surface area contributed by atoms with Crippen LogP contribution >= 0.6 is 0 Å². The van der Waals surface area contributed by atoms with Crippen LogP contribution in [0.2, 0.25) is 0 Å². The van der Waals surface area contributed by atoms with E-state index in [1.54, 1.807) is 0 Å². The van der Waals surface area contributed by atoms with E-state index < -0.39 is 0 Å². The molecule has 0 atom stereocenters.